The maximum absolute atomic E-state index is 11.6. The van der Waals surface area contributed by atoms with E-state index in [2.05, 4.69) is 13.8 Å². The van der Waals surface area contributed by atoms with E-state index >= 15 is 0 Å². The number of aromatic hydroxyl groups is 1. The van der Waals surface area contributed by atoms with E-state index in [1.807, 2.05) is 6.07 Å². The average molecular weight is 775 g/mol. The zero-order valence-corrected chi connectivity index (χ0v) is 36.7. The molecular formula is C48H78MgO6. The summed E-state index contributed by atoms with van der Waals surface area (Å²) in [5, 5.41) is 41.6. The van der Waals surface area contributed by atoms with Crippen molar-refractivity contribution in [3.8, 4) is 11.5 Å². The zero-order chi connectivity index (χ0) is 39.5. The molecule has 0 fully saturated rings. The Morgan fingerprint density at radius 1 is 0.473 bits per heavy atom. The summed E-state index contributed by atoms with van der Waals surface area (Å²) in [4.78, 5) is 22.3. The van der Waals surface area contributed by atoms with Crippen LogP contribution in [0, 0.1) is 0 Å². The van der Waals surface area contributed by atoms with E-state index in [9.17, 15) is 30.0 Å². The van der Waals surface area contributed by atoms with Gasteiger partial charge in [-0.3, -0.25) is 0 Å². The summed E-state index contributed by atoms with van der Waals surface area (Å²) >= 11 is 0. The van der Waals surface area contributed by atoms with Gasteiger partial charge < -0.3 is 25.2 Å². The minimum absolute atomic E-state index is 0. The van der Waals surface area contributed by atoms with E-state index in [4.69, 9.17) is 0 Å². The number of unbranched alkanes of at least 4 members (excludes halogenated alkanes) is 28. The van der Waals surface area contributed by atoms with Gasteiger partial charge in [0.05, 0.1) is 5.97 Å². The molecule has 0 heterocycles. The first kappa shape index (κ1) is 52.7. The quantitative estimate of drug-likeness (QED) is 0.0539. The minimum atomic E-state index is -1.35. The number of aryl methyl sites for hydroxylation is 2. The number of hydrogen-bond donors (Lipinski definition) is 2. The number of carboxylic acid groups (broad SMARTS) is 2. The van der Waals surface area contributed by atoms with E-state index < -0.39 is 17.7 Å². The predicted octanol–water partition coefficient (Wildman–Crippen LogP) is 12.7. The van der Waals surface area contributed by atoms with Crippen LogP contribution in [-0.4, -0.2) is 45.2 Å². The van der Waals surface area contributed by atoms with Gasteiger partial charge in [-0.1, -0.05) is 230 Å². The largest absolute Gasteiger partial charge is 2.00 e. The topological polar surface area (TPSA) is 121 Å². The molecule has 2 aromatic rings. The Hall–Kier alpha value is -2.25. The molecule has 6 nitrogen and oxygen atoms in total. The Kier molecular flexibility index (Phi) is 35.8. The Labute approximate surface area is 352 Å². The van der Waals surface area contributed by atoms with Crippen LogP contribution in [0.25, 0.3) is 0 Å². The van der Waals surface area contributed by atoms with Crippen molar-refractivity contribution in [2.75, 3.05) is 0 Å². The second-order valence-corrected chi connectivity index (χ2v) is 15.6. The van der Waals surface area contributed by atoms with E-state index in [1.165, 1.54) is 179 Å². The SMILES string of the molecule is CCCCCCCCCCCCCCCCCc1cccc(O)c1C(=O)O.CCCCCCCCCCCCCCCCCc1cccc([O-])c1C(=O)[O-].[Mg+2]. The number of carbonyl (C=O) groups excluding carboxylic acids is 1. The summed E-state index contributed by atoms with van der Waals surface area (Å²) in [7, 11) is 0. The third-order valence-electron chi connectivity index (χ3n) is 10.8. The molecule has 0 unspecified atom stereocenters. The molecule has 0 aliphatic rings. The number of aromatic carboxylic acids is 2. The van der Waals surface area contributed by atoms with Gasteiger partial charge in [0, 0.05) is 0 Å². The molecule has 0 saturated carbocycles. The van der Waals surface area contributed by atoms with E-state index in [0.717, 1.165) is 37.7 Å². The van der Waals surface area contributed by atoms with Crippen LogP contribution in [0.3, 0.4) is 0 Å². The zero-order valence-electron chi connectivity index (χ0n) is 35.3. The van der Waals surface area contributed by atoms with Crippen LogP contribution >= 0.6 is 0 Å². The van der Waals surface area contributed by atoms with Gasteiger partial charge in [-0.05, 0) is 48.4 Å². The van der Waals surface area contributed by atoms with E-state index in [1.54, 1.807) is 18.2 Å². The maximum atomic E-state index is 11.6. The van der Waals surface area contributed by atoms with Gasteiger partial charge in [0.15, 0.2) is 0 Å². The molecule has 0 aromatic heterocycles. The van der Waals surface area contributed by atoms with Crippen molar-refractivity contribution in [1.82, 2.24) is 0 Å². The first-order chi connectivity index (χ1) is 26.3. The minimum Gasteiger partial charge on any atom is -0.872 e. The Morgan fingerprint density at radius 3 is 1.07 bits per heavy atom. The van der Waals surface area contributed by atoms with Crippen molar-refractivity contribution in [3.05, 3.63) is 58.7 Å². The number of carboxylic acids is 2. The van der Waals surface area contributed by atoms with Crippen molar-refractivity contribution in [1.29, 1.82) is 0 Å². The predicted molar refractivity (Wildman–Crippen MR) is 228 cm³/mol. The van der Waals surface area contributed by atoms with Gasteiger partial charge >= 0.3 is 29.0 Å². The molecule has 2 N–H and O–H groups in total. The van der Waals surface area contributed by atoms with E-state index in [0.29, 0.717) is 12.0 Å². The molecule has 0 aliphatic carbocycles. The van der Waals surface area contributed by atoms with Crippen LogP contribution in [-0.2, 0) is 12.8 Å². The standard InChI is InChI=1S/2C24H40O3.Mg/c2*1-2-3-4-5-6-7-8-9-10-11-12-13-14-15-16-18-21-19-17-20-22(25)23(21)24(26)27;/h2*17,19-20,25H,2-16,18H2,1H3,(H,26,27);/q;;+2/p-2. The summed E-state index contributed by atoms with van der Waals surface area (Å²) in [6.45, 7) is 4.53. The fourth-order valence-corrected chi connectivity index (χ4v) is 7.43. The molecule has 0 aliphatic heterocycles. The third kappa shape index (κ3) is 27.9. The summed E-state index contributed by atoms with van der Waals surface area (Å²) in [5.74, 6) is -2.95. The van der Waals surface area contributed by atoms with Gasteiger partial charge in [-0.2, -0.15) is 0 Å². The number of phenols is 1. The van der Waals surface area contributed by atoms with Crippen molar-refractivity contribution < 1.29 is 30.0 Å². The summed E-state index contributed by atoms with van der Waals surface area (Å²) in [6.07, 6.45) is 40.9. The van der Waals surface area contributed by atoms with Gasteiger partial charge in [0.2, 0.25) is 0 Å². The number of rotatable bonds is 34. The summed E-state index contributed by atoms with van der Waals surface area (Å²) < 4.78 is 0. The molecule has 0 radical (unpaired) electrons. The molecule has 0 spiro atoms. The molecule has 55 heavy (non-hydrogen) atoms. The van der Waals surface area contributed by atoms with Crippen molar-refractivity contribution in [3.63, 3.8) is 0 Å². The molecule has 7 heteroatoms. The fourth-order valence-electron chi connectivity index (χ4n) is 7.43. The normalized spacial score (nSPS) is 10.8. The van der Waals surface area contributed by atoms with Crippen LogP contribution in [0.5, 0.6) is 11.5 Å². The van der Waals surface area contributed by atoms with Gasteiger partial charge in [0.25, 0.3) is 0 Å². The molecule has 0 saturated heterocycles. The van der Waals surface area contributed by atoms with Crippen molar-refractivity contribution in [2.24, 2.45) is 0 Å². The maximum Gasteiger partial charge on any atom is 2.00 e. The third-order valence-corrected chi connectivity index (χ3v) is 10.8. The average Bonchev–Trinajstić information content (AvgIpc) is 3.14. The Morgan fingerprint density at radius 2 is 0.764 bits per heavy atom. The summed E-state index contributed by atoms with van der Waals surface area (Å²) in [6, 6.07) is 9.64. The van der Waals surface area contributed by atoms with Crippen molar-refractivity contribution in [2.45, 2.75) is 219 Å². The molecule has 308 valence electrons. The molecular weight excluding hydrogens is 697 g/mol. The monoisotopic (exact) mass is 775 g/mol. The smallest absolute Gasteiger partial charge is 0.872 e. The van der Waals surface area contributed by atoms with Gasteiger partial charge in [-0.15, -0.1) is 0 Å². The first-order valence-electron chi connectivity index (χ1n) is 22.4. The molecule has 0 amide bonds. The number of carbonyl (C=O) groups is 2. The van der Waals surface area contributed by atoms with Crippen LogP contribution in [0.15, 0.2) is 36.4 Å². The molecule has 2 rings (SSSR count). The summed E-state index contributed by atoms with van der Waals surface area (Å²) in [5.41, 5.74) is 1.29. The first-order valence-corrected chi connectivity index (χ1v) is 22.4. The Balaban J connectivity index is 0.00000104. The van der Waals surface area contributed by atoms with Gasteiger partial charge in [0.1, 0.15) is 11.3 Å². The molecule has 2 aromatic carbocycles. The Bertz CT molecular complexity index is 1120. The second-order valence-electron chi connectivity index (χ2n) is 15.6. The van der Waals surface area contributed by atoms with E-state index in [-0.39, 0.29) is 39.9 Å². The van der Waals surface area contributed by atoms with Crippen LogP contribution in [0.4, 0.5) is 0 Å². The van der Waals surface area contributed by atoms with Gasteiger partial charge in [-0.25, -0.2) is 4.79 Å². The van der Waals surface area contributed by atoms with Crippen molar-refractivity contribution >= 4 is 35.0 Å². The van der Waals surface area contributed by atoms with Crippen LogP contribution in [0.1, 0.15) is 238 Å². The number of benzene rings is 2. The van der Waals surface area contributed by atoms with Crippen LogP contribution < -0.4 is 10.2 Å². The number of hydrogen-bond acceptors (Lipinski definition) is 5. The van der Waals surface area contributed by atoms with Crippen LogP contribution in [0.2, 0.25) is 0 Å². The molecule has 0 atom stereocenters. The second kappa shape index (κ2) is 37.3. The molecule has 0 bridgehead atoms. The fraction of sp³-hybridized carbons (Fsp3) is 0.708.